The Bertz CT molecular complexity index is 334. The molecule has 0 aromatic heterocycles. The van der Waals surface area contributed by atoms with Gasteiger partial charge in [-0.1, -0.05) is 13.8 Å². The van der Waals surface area contributed by atoms with Crippen molar-refractivity contribution in [2.75, 3.05) is 6.54 Å². The number of carbonyl (C=O) groups excluding carboxylic acids is 1. The number of hydrogen-bond acceptors (Lipinski definition) is 3. The van der Waals surface area contributed by atoms with Crippen molar-refractivity contribution in [2.24, 2.45) is 11.8 Å². The lowest BCUT2D eigenvalue weighted by atomic mass is 9.85. The number of piperidine rings is 1. The third-order valence-electron chi connectivity index (χ3n) is 3.04. The highest BCUT2D eigenvalue weighted by Crippen LogP contribution is 2.28. The maximum Gasteiger partial charge on any atom is 0.411 e. The first-order valence-electron chi connectivity index (χ1n) is 6.34. The molecule has 0 bridgehead atoms. The van der Waals surface area contributed by atoms with E-state index in [1.807, 2.05) is 13.8 Å². The molecule has 5 nitrogen and oxygen atoms in total. The van der Waals surface area contributed by atoms with Gasteiger partial charge in [0, 0.05) is 6.54 Å². The van der Waals surface area contributed by atoms with Crippen molar-refractivity contribution in [3.8, 4) is 0 Å². The predicted molar refractivity (Wildman–Crippen MR) is 67.3 cm³/mol. The average molecular weight is 257 g/mol. The van der Waals surface area contributed by atoms with Gasteiger partial charge in [0.2, 0.25) is 0 Å². The summed E-state index contributed by atoms with van der Waals surface area (Å²) in [5.74, 6) is -0.720. The van der Waals surface area contributed by atoms with Crippen molar-refractivity contribution in [1.82, 2.24) is 4.90 Å². The molecular weight excluding hydrogens is 234 g/mol. The summed E-state index contributed by atoms with van der Waals surface area (Å²) in [4.78, 5) is 24.7. The Hall–Kier alpha value is -1.26. The van der Waals surface area contributed by atoms with Gasteiger partial charge in [0.1, 0.15) is 11.6 Å². The lowest BCUT2D eigenvalue weighted by molar-refractivity contribution is -0.147. The molecule has 1 aliphatic heterocycles. The molecule has 1 aliphatic rings. The second-order valence-corrected chi connectivity index (χ2v) is 6.23. The molecule has 1 saturated heterocycles. The number of likely N-dealkylation sites (tertiary alicyclic amines) is 1. The molecule has 104 valence electrons. The molecule has 1 amide bonds. The molecule has 0 aromatic rings. The van der Waals surface area contributed by atoms with Crippen molar-refractivity contribution < 1.29 is 19.4 Å². The first-order valence-corrected chi connectivity index (χ1v) is 6.34. The lowest BCUT2D eigenvalue weighted by Gasteiger charge is -2.40. The number of carboxylic acid groups (broad SMARTS) is 1. The van der Waals surface area contributed by atoms with E-state index in [9.17, 15) is 14.7 Å². The zero-order valence-corrected chi connectivity index (χ0v) is 11.8. The quantitative estimate of drug-likeness (QED) is 0.783. The number of hydrogen-bond donors (Lipinski definition) is 1. The highest BCUT2D eigenvalue weighted by atomic mass is 16.6. The van der Waals surface area contributed by atoms with E-state index in [2.05, 4.69) is 0 Å². The van der Waals surface area contributed by atoms with Crippen LogP contribution in [0, 0.1) is 11.8 Å². The Balaban J connectivity index is 2.87. The van der Waals surface area contributed by atoms with E-state index >= 15 is 0 Å². The Morgan fingerprint density at radius 3 is 2.28 bits per heavy atom. The van der Waals surface area contributed by atoms with Crippen molar-refractivity contribution >= 4 is 12.1 Å². The summed E-state index contributed by atoms with van der Waals surface area (Å²) in [5, 5.41) is 9.26. The van der Waals surface area contributed by atoms with Crippen LogP contribution in [0.1, 0.15) is 41.0 Å². The van der Waals surface area contributed by atoms with Gasteiger partial charge in [0.05, 0.1) is 0 Å². The number of ether oxygens (including phenoxy) is 1. The van der Waals surface area contributed by atoms with Gasteiger partial charge in [-0.05, 0) is 39.0 Å². The number of amides is 1. The summed E-state index contributed by atoms with van der Waals surface area (Å²) in [7, 11) is 0. The number of rotatable bonds is 1. The van der Waals surface area contributed by atoms with Crippen LogP contribution in [-0.2, 0) is 9.53 Å². The summed E-state index contributed by atoms with van der Waals surface area (Å²) in [6, 6.07) is -0.781. The zero-order valence-electron chi connectivity index (χ0n) is 11.8. The molecule has 1 fully saturated rings. The van der Waals surface area contributed by atoms with E-state index < -0.39 is 23.7 Å². The van der Waals surface area contributed by atoms with Crippen LogP contribution in [0.3, 0.4) is 0 Å². The standard InChI is InChI=1S/C13H23NO4/c1-8-6-9(2)10(11(15)16)14(7-8)12(17)18-13(3,4)5/h8-10H,6-7H2,1-5H3,(H,15,16). The Kier molecular flexibility index (Phi) is 4.24. The SMILES string of the molecule is CC1CC(C)C(C(=O)O)N(C(=O)OC(C)(C)C)C1. The second kappa shape index (κ2) is 5.16. The molecule has 3 atom stereocenters. The van der Waals surface area contributed by atoms with Crippen molar-refractivity contribution in [2.45, 2.75) is 52.7 Å². The van der Waals surface area contributed by atoms with Gasteiger partial charge in [-0.25, -0.2) is 9.59 Å². The minimum atomic E-state index is -0.958. The number of carbonyl (C=O) groups is 2. The highest BCUT2D eigenvalue weighted by molar-refractivity contribution is 5.80. The number of nitrogens with zero attached hydrogens (tertiary/aromatic N) is 1. The van der Waals surface area contributed by atoms with Crippen LogP contribution in [0.2, 0.25) is 0 Å². The van der Waals surface area contributed by atoms with Crippen LogP contribution in [0.5, 0.6) is 0 Å². The van der Waals surface area contributed by atoms with Gasteiger partial charge in [-0.3, -0.25) is 4.90 Å². The average Bonchev–Trinajstić information content (AvgIpc) is 2.12. The van der Waals surface area contributed by atoms with Crippen LogP contribution >= 0.6 is 0 Å². The van der Waals surface area contributed by atoms with Gasteiger partial charge >= 0.3 is 12.1 Å². The smallest absolute Gasteiger partial charge is 0.411 e. The first kappa shape index (κ1) is 14.8. The Labute approximate surface area is 108 Å². The predicted octanol–water partition coefficient (Wildman–Crippen LogP) is 2.35. The molecule has 1 heterocycles. The molecule has 18 heavy (non-hydrogen) atoms. The molecule has 0 saturated carbocycles. The minimum Gasteiger partial charge on any atom is -0.480 e. The van der Waals surface area contributed by atoms with Crippen LogP contribution in [0.15, 0.2) is 0 Å². The zero-order chi connectivity index (χ0) is 14.1. The fraction of sp³-hybridized carbons (Fsp3) is 0.846. The molecule has 0 radical (unpaired) electrons. The van der Waals surface area contributed by atoms with Crippen LogP contribution < -0.4 is 0 Å². The van der Waals surface area contributed by atoms with Gasteiger partial charge in [0.25, 0.3) is 0 Å². The topological polar surface area (TPSA) is 66.8 Å². The number of aliphatic carboxylic acids is 1. The van der Waals surface area contributed by atoms with Gasteiger partial charge in [0.15, 0.2) is 0 Å². The molecule has 1 N–H and O–H groups in total. The summed E-state index contributed by atoms with van der Waals surface area (Å²) < 4.78 is 5.28. The van der Waals surface area contributed by atoms with Crippen molar-refractivity contribution in [1.29, 1.82) is 0 Å². The van der Waals surface area contributed by atoms with E-state index in [0.29, 0.717) is 12.5 Å². The lowest BCUT2D eigenvalue weighted by Crippen LogP contribution is -2.55. The summed E-state index contributed by atoms with van der Waals surface area (Å²) in [6.45, 7) is 9.65. The minimum absolute atomic E-state index is 0.0567. The van der Waals surface area contributed by atoms with E-state index in [4.69, 9.17) is 4.74 Å². The van der Waals surface area contributed by atoms with Crippen LogP contribution in [0.25, 0.3) is 0 Å². The Morgan fingerprint density at radius 2 is 1.83 bits per heavy atom. The maximum absolute atomic E-state index is 12.1. The molecule has 1 rings (SSSR count). The van der Waals surface area contributed by atoms with Gasteiger partial charge in [-0.15, -0.1) is 0 Å². The Morgan fingerprint density at radius 1 is 1.28 bits per heavy atom. The second-order valence-electron chi connectivity index (χ2n) is 6.23. The van der Waals surface area contributed by atoms with Crippen molar-refractivity contribution in [3.05, 3.63) is 0 Å². The largest absolute Gasteiger partial charge is 0.480 e. The van der Waals surface area contributed by atoms with Crippen LogP contribution in [-0.4, -0.2) is 40.3 Å². The third-order valence-corrected chi connectivity index (χ3v) is 3.04. The summed E-state index contributed by atoms with van der Waals surface area (Å²) in [6.07, 6.45) is 0.282. The summed E-state index contributed by atoms with van der Waals surface area (Å²) >= 11 is 0. The highest BCUT2D eigenvalue weighted by Gasteiger charge is 2.41. The van der Waals surface area contributed by atoms with E-state index in [1.54, 1.807) is 20.8 Å². The van der Waals surface area contributed by atoms with Gasteiger partial charge in [-0.2, -0.15) is 0 Å². The molecule has 0 aromatic carbocycles. The molecule has 0 spiro atoms. The van der Waals surface area contributed by atoms with Crippen molar-refractivity contribution in [3.63, 3.8) is 0 Å². The molecule has 0 aliphatic carbocycles. The first-order chi connectivity index (χ1) is 8.11. The molecular formula is C13H23NO4. The third kappa shape index (κ3) is 3.62. The summed E-state index contributed by atoms with van der Waals surface area (Å²) in [5.41, 5.74) is -0.607. The van der Waals surface area contributed by atoms with E-state index in [-0.39, 0.29) is 5.92 Å². The normalized spacial score (nSPS) is 28.9. The number of carboxylic acids is 1. The maximum atomic E-state index is 12.1. The molecule has 5 heteroatoms. The fourth-order valence-corrected chi connectivity index (χ4v) is 2.48. The van der Waals surface area contributed by atoms with E-state index in [0.717, 1.165) is 6.42 Å². The fourth-order valence-electron chi connectivity index (χ4n) is 2.48. The van der Waals surface area contributed by atoms with E-state index in [1.165, 1.54) is 4.90 Å². The van der Waals surface area contributed by atoms with Gasteiger partial charge < -0.3 is 9.84 Å². The van der Waals surface area contributed by atoms with Crippen LogP contribution in [0.4, 0.5) is 4.79 Å². The molecule has 3 unspecified atom stereocenters. The monoisotopic (exact) mass is 257 g/mol.